The molecule has 0 bridgehead atoms. The van der Waals surface area contributed by atoms with Gasteiger partial charge in [-0.25, -0.2) is 4.39 Å². The molecule has 0 saturated heterocycles. The van der Waals surface area contributed by atoms with E-state index in [1.807, 2.05) is 20.8 Å². The van der Waals surface area contributed by atoms with Crippen LogP contribution in [0.4, 0.5) is 4.39 Å². The molecule has 1 aromatic carbocycles. The Morgan fingerprint density at radius 2 is 1.82 bits per heavy atom. The van der Waals surface area contributed by atoms with Crippen molar-refractivity contribution in [1.82, 2.24) is 0 Å². The number of halogens is 2. The zero-order chi connectivity index (χ0) is 21.5. The first-order valence-electron chi connectivity index (χ1n) is 9.72. The molecule has 1 atom stereocenters. The fourth-order valence-corrected chi connectivity index (χ4v) is 5.25. The van der Waals surface area contributed by atoms with Crippen molar-refractivity contribution >= 4 is 41.3 Å². The maximum absolute atomic E-state index is 14.7. The van der Waals surface area contributed by atoms with Gasteiger partial charge >= 0.3 is 0 Å². The Bertz CT molecular complexity index is 752. The summed E-state index contributed by atoms with van der Waals surface area (Å²) in [7, 11) is -1.98. The monoisotopic (exact) mass is 489 g/mol. The molecule has 7 heteroatoms. The highest BCUT2D eigenvalue weighted by Crippen LogP contribution is 2.50. The number of hydrogen-bond donors (Lipinski definition) is 0. The van der Waals surface area contributed by atoms with Crippen molar-refractivity contribution in [3.8, 4) is 0 Å². The van der Waals surface area contributed by atoms with E-state index in [1.54, 1.807) is 12.1 Å². The smallest absolute Gasteiger partial charge is 0.192 e. The van der Waals surface area contributed by atoms with E-state index >= 15 is 0 Å². The molecular formula is C21H33BrFNO2SSi. The highest BCUT2D eigenvalue weighted by molar-refractivity contribution is 9.10. The van der Waals surface area contributed by atoms with Crippen LogP contribution in [0.3, 0.4) is 0 Å². The maximum atomic E-state index is 14.7. The molecule has 1 aliphatic rings. The highest BCUT2D eigenvalue weighted by Gasteiger charge is 2.52. The fraction of sp³-hybridized carbons (Fsp3) is 0.667. The van der Waals surface area contributed by atoms with Gasteiger partial charge in [0.05, 0.1) is 5.60 Å². The molecule has 2 rings (SSSR count). The molecule has 1 aliphatic carbocycles. The largest absolute Gasteiger partial charge is 0.591 e. The molecule has 0 amide bonds. The lowest BCUT2D eigenvalue weighted by molar-refractivity contribution is 0.166. The summed E-state index contributed by atoms with van der Waals surface area (Å²) in [4.78, 5) is 0. The van der Waals surface area contributed by atoms with Crippen LogP contribution in [0.2, 0.25) is 18.1 Å². The van der Waals surface area contributed by atoms with Crippen molar-refractivity contribution in [2.45, 2.75) is 89.3 Å². The maximum Gasteiger partial charge on any atom is 0.192 e. The van der Waals surface area contributed by atoms with Gasteiger partial charge in [0.15, 0.2) is 8.32 Å². The Morgan fingerprint density at radius 1 is 1.25 bits per heavy atom. The second-order valence-electron chi connectivity index (χ2n) is 10.2. The summed E-state index contributed by atoms with van der Waals surface area (Å²) in [6.07, 6.45) is 2.33. The summed E-state index contributed by atoms with van der Waals surface area (Å²) in [5.41, 5.74) is 0.610. The van der Waals surface area contributed by atoms with E-state index in [1.165, 1.54) is 6.07 Å². The van der Waals surface area contributed by atoms with Crippen LogP contribution in [0, 0.1) is 5.82 Å². The normalized spacial score (nSPS) is 18.9. The van der Waals surface area contributed by atoms with E-state index in [0.29, 0.717) is 17.7 Å². The van der Waals surface area contributed by atoms with Crippen molar-refractivity contribution in [2.75, 3.05) is 0 Å². The van der Waals surface area contributed by atoms with Crippen LogP contribution >= 0.6 is 15.9 Å². The van der Waals surface area contributed by atoms with Gasteiger partial charge < -0.3 is 8.98 Å². The highest BCUT2D eigenvalue weighted by atomic mass is 79.9. The molecule has 0 radical (unpaired) electrons. The summed E-state index contributed by atoms with van der Waals surface area (Å²) >= 11 is 1.95. The lowest BCUT2D eigenvalue weighted by Gasteiger charge is -2.39. The average molecular weight is 491 g/mol. The third-order valence-corrected chi connectivity index (χ3v) is 12.0. The van der Waals surface area contributed by atoms with Gasteiger partial charge in [0.1, 0.15) is 27.6 Å². The van der Waals surface area contributed by atoms with Crippen molar-refractivity contribution in [1.29, 1.82) is 0 Å². The second kappa shape index (κ2) is 8.14. The molecule has 0 heterocycles. The predicted octanol–water partition coefficient (Wildman–Crippen LogP) is 6.78. The van der Waals surface area contributed by atoms with E-state index in [9.17, 15) is 8.94 Å². The lowest BCUT2D eigenvalue weighted by atomic mass is 10.0. The lowest BCUT2D eigenvalue weighted by Crippen LogP contribution is -2.45. The molecule has 158 valence electrons. The quantitative estimate of drug-likeness (QED) is 0.251. The SMILES string of the molecule is CC(C)(C)[S+]([O-])/N=C(\CC1(O[Si](C)(C)C(C)(C)C)CC1)c1cc(Br)ccc1F. The van der Waals surface area contributed by atoms with Gasteiger partial charge in [-0.2, -0.15) is 0 Å². The zero-order valence-corrected chi connectivity index (χ0v) is 21.7. The fourth-order valence-electron chi connectivity index (χ4n) is 2.59. The molecule has 28 heavy (non-hydrogen) atoms. The first-order chi connectivity index (χ1) is 12.6. The van der Waals surface area contributed by atoms with Crippen LogP contribution in [0.25, 0.3) is 0 Å². The minimum Gasteiger partial charge on any atom is -0.591 e. The van der Waals surface area contributed by atoms with Crippen LogP contribution in [-0.4, -0.2) is 28.9 Å². The standard InChI is InChI=1S/C21H33BrFNO2SSi/c1-19(2,3)27(25)24-18(16-13-15(22)9-10-17(16)23)14-21(11-12-21)26-28(7,8)20(4,5)6/h9-10,13H,11-12,14H2,1-8H3/b24-18+. The first-order valence-corrected chi connectivity index (χ1v) is 14.5. The Labute approximate surface area is 182 Å². The Hall–Kier alpha value is -0.213. The van der Waals surface area contributed by atoms with Crippen LogP contribution in [0.15, 0.2) is 27.1 Å². The van der Waals surface area contributed by atoms with Crippen molar-refractivity contribution < 1.29 is 13.4 Å². The van der Waals surface area contributed by atoms with E-state index in [2.05, 4.69) is 54.2 Å². The van der Waals surface area contributed by atoms with Gasteiger partial charge in [0.2, 0.25) is 0 Å². The predicted molar refractivity (Wildman–Crippen MR) is 123 cm³/mol. The van der Waals surface area contributed by atoms with Crippen molar-refractivity contribution in [3.05, 3.63) is 34.1 Å². The third-order valence-electron chi connectivity index (χ3n) is 5.53. The topological polar surface area (TPSA) is 44.7 Å². The minimum atomic E-state index is -1.98. The summed E-state index contributed by atoms with van der Waals surface area (Å²) in [5, 5.41) is 0.0924. The number of hydrogen-bond acceptors (Lipinski definition) is 3. The molecule has 1 saturated carbocycles. The molecule has 0 spiro atoms. The first kappa shape index (κ1) is 24.1. The average Bonchev–Trinajstić information content (AvgIpc) is 3.25. The van der Waals surface area contributed by atoms with Gasteiger partial charge in [0, 0.05) is 16.5 Å². The summed E-state index contributed by atoms with van der Waals surface area (Å²) in [6, 6.07) is 4.80. The minimum absolute atomic E-state index is 0.0924. The molecule has 1 unspecified atom stereocenters. The van der Waals surface area contributed by atoms with Crippen LogP contribution in [0.1, 0.15) is 66.4 Å². The van der Waals surface area contributed by atoms with E-state index in [4.69, 9.17) is 4.43 Å². The molecule has 0 aromatic heterocycles. The van der Waals surface area contributed by atoms with Gasteiger partial charge in [-0.1, -0.05) is 41.1 Å². The molecular weight excluding hydrogens is 457 g/mol. The Balaban J connectivity index is 2.41. The van der Waals surface area contributed by atoms with Gasteiger partial charge in [-0.05, 0) is 69.9 Å². The molecule has 1 aromatic rings. The molecule has 3 nitrogen and oxygen atoms in total. The summed E-state index contributed by atoms with van der Waals surface area (Å²) in [5.74, 6) is -0.351. The molecule has 1 fully saturated rings. The molecule has 0 aliphatic heterocycles. The van der Waals surface area contributed by atoms with Gasteiger partial charge in [-0.3, -0.25) is 0 Å². The second-order valence-corrected chi connectivity index (χ2v) is 17.8. The molecule has 0 N–H and O–H groups in total. The van der Waals surface area contributed by atoms with Crippen LogP contribution in [-0.2, 0) is 15.8 Å². The number of rotatable bonds is 6. The summed E-state index contributed by atoms with van der Waals surface area (Å²) in [6.45, 7) is 16.7. The Kier molecular flexibility index (Phi) is 6.99. The van der Waals surface area contributed by atoms with Crippen molar-refractivity contribution in [3.63, 3.8) is 0 Å². The summed E-state index contributed by atoms with van der Waals surface area (Å²) < 4.78 is 38.9. The number of benzene rings is 1. The van der Waals surface area contributed by atoms with Crippen LogP contribution < -0.4 is 0 Å². The Morgan fingerprint density at radius 3 is 2.29 bits per heavy atom. The number of nitrogens with zero attached hydrogens (tertiary/aromatic N) is 1. The van der Waals surface area contributed by atoms with E-state index < -0.39 is 24.4 Å². The van der Waals surface area contributed by atoms with Crippen LogP contribution in [0.5, 0.6) is 0 Å². The van der Waals surface area contributed by atoms with Gasteiger partial charge in [-0.15, -0.1) is 0 Å². The van der Waals surface area contributed by atoms with Gasteiger partial charge in [0.25, 0.3) is 0 Å². The van der Waals surface area contributed by atoms with E-state index in [-0.39, 0.29) is 16.5 Å². The third kappa shape index (κ3) is 5.91. The zero-order valence-electron chi connectivity index (χ0n) is 18.3. The van der Waals surface area contributed by atoms with Crippen molar-refractivity contribution in [2.24, 2.45) is 4.40 Å². The van der Waals surface area contributed by atoms with E-state index in [0.717, 1.165) is 17.3 Å².